The van der Waals surface area contributed by atoms with Crippen molar-refractivity contribution in [2.45, 2.75) is 23.1 Å². The van der Waals surface area contributed by atoms with Crippen molar-refractivity contribution >= 4 is 85.2 Å². The summed E-state index contributed by atoms with van der Waals surface area (Å²) < 4.78 is 1.46. The molecule has 0 radical (unpaired) electrons. The molecule has 1 aliphatic rings. The number of hydrogen-bond acceptors (Lipinski definition) is 9. The van der Waals surface area contributed by atoms with E-state index in [1.807, 2.05) is 50.2 Å². The van der Waals surface area contributed by atoms with Crippen molar-refractivity contribution in [2.75, 3.05) is 5.32 Å². The minimum atomic E-state index is -0.441. The van der Waals surface area contributed by atoms with Crippen LogP contribution >= 0.6 is 34.9 Å². The molecule has 5 aromatic rings. The fourth-order valence-corrected chi connectivity index (χ4v) is 7.30. The predicted octanol–water partition coefficient (Wildman–Crippen LogP) is 8.12. The van der Waals surface area contributed by atoms with Gasteiger partial charge in [0.15, 0.2) is 9.51 Å². The van der Waals surface area contributed by atoms with Gasteiger partial charge < -0.3 is 10.6 Å². The molecule has 2 amide bonds. The number of fused-ring (bicyclic) bond motifs is 1. The van der Waals surface area contributed by atoms with Crippen LogP contribution in [0.15, 0.2) is 104 Å². The number of aliphatic imine (C=N–C) groups is 1. The van der Waals surface area contributed by atoms with Gasteiger partial charge in [-0.15, -0.1) is 11.3 Å². The van der Waals surface area contributed by atoms with Gasteiger partial charge in [0, 0.05) is 17.3 Å². The molecule has 0 unspecified atom stereocenters. The summed E-state index contributed by atoms with van der Waals surface area (Å²) >= 11 is 3.76. The maximum absolute atomic E-state index is 12.6. The van der Waals surface area contributed by atoms with Gasteiger partial charge in [-0.05, 0) is 96.9 Å². The first-order chi connectivity index (χ1) is 21.2. The largest absolute Gasteiger partial charge is 0.322 e. The molecule has 12 heteroatoms. The highest BCUT2D eigenvalue weighted by Crippen LogP contribution is 2.40. The second kappa shape index (κ2) is 12.4. The summed E-state index contributed by atoms with van der Waals surface area (Å²) in [5, 5.41) is 18.1. The van der Waals surface area contributed by atoms with Crippen LogP contribution in [0.3, 0.4) is 0 Å². The van der Waals surface area contributed by atoms with Crippen molar-refractivity contribution in [3.63, 3.8) is 0 Å². The number of nitro groups is 1. The van der Waals surface area contributed by atoms with E-state index in [2.05, 4.69) is 20.6 Å². The van der Waals surface area contributed by atoms with Crippen LogP contribution in [0.1, 0.15) is 27.0 Å². The van der Waals surface area contributed by atoms with Crippen LogP contribution in [0.5, 0.6) is 0 Å². The number of amidine groups is 1. The summed E-state index contributed by atoms with van der Waals surface area (Å²) in [6, 6.07) is 25.0. The number of nitrogens with zero attached hydrogens (tertiary/aromatic N) is 3. The number of nitro benzene ring substituents is 1. The lowest BCUT2D eigenvalue weighted by atomic mass is 10.1. The number of aromatic nitrogens is 1. The summed E-state index contributed by atoms with van der Waals surface area (Å²) in [5.41, 5.74) is 5.33. The van der Waals surface area contributed by atoms with Crippen molar-refractivity contribution in [2.24, 2.45) is 4.99 Å². The summed E-state index contributed by atoms with van der Waals surface area (Å²) in [7, 11) is 0. The maximum Gasteiger partial charge on any atom is 0.283 e. The van der Waals surface area contributed by atoms with Crippen LogP contribution in [0, 0.1) is 24.0 Å². The second-order valence-electron chi connectivity index (χ2n) is 9.82. The average Bonchev–Trinajstić information content (AvgIpc) is 3.57. The van der Waals surface area contributed by atoms with Crippen LogP contribution < -0.4 is 10.6 Å². The predicted molar refractivity (Wildman–Crippen MR) is 178 cm³/mol. The van der Waals surface area contributed by atoms with Gasteiger partial charge in [0.1, 0.15) is 0 Å². The van der Waals surface area contributed by atoms with E-state index in [4.69, 9.17) is 0 Å². The number of aryl methyl sites for hydroxylation is 2. The van der Waals surface area contributed by atoms with Crippen molar-refractivity contribution in [3.8, 4) is 0 Å². The summed E-state index contributed by atoms with van der Waals surface area (Å²) in [6.45, 7) is 4.02. The molecular formula is C32H23N5O4S3. The molecule has 6 rings (SSSR count). The van der Waals surface area contributed by atoms with E-state index < -0.39 is 4.92 Å². The lowest BCUT2D eigenvalue weighted by Crippen LogP contribution is -2.19. The zero-order valence-corrected chi connectivity index (χ0v) is 25.8. The highest BCUT2D eigenvalue weighted by atomic mass is 32.2. The average molecular weight is 638 g/mol. The molecular weight excluding hydrogens is 615 g/mol. The number of thiazole rings is 1. The molecule has 1 aromatic heterocycles. The van der Waals surface area contributed by atoms with Crippen molar-refractivity contribution in [3.05, 3.63) is 122 Å². The molecule has 2 heterocycles. The molecule has 0 bridgehead atoms. The SMILES string of the molecule is Cc1ccc(N=C2NC(=O)/C(=C/c3ccc(Sc4nc5ccc(NC(=O)c6ccccc6)cc5s4)c([N+](=O)[O-])c3)S2)cc1C. The van der Waals surface area contributed by atoms with Crippen LogP contribution in [0.4, 0.5) is 17.1 Å². The number of carbonyl (C=O) groups excluding carboxylic acids is 2. The number of hydrogen-bond donors (Lipinski definition) is 2. The Morgan fingerprint density at radius 1 is 1.02 bits per heavy atom. The molecule has 1 saturated heterocycles. The minimum Gasteiger partial charge on any atom is -0.322 e. The van der Waals surface area contributed by atoms with E-state index >= 15 is 0 Å². The first kappa shape index (κ1) is 29.3. The van der Waals surface area contributed by atoms with Crippen molar-refractivity contribution in [1.82, 2.24) is 10.3 Å². The van der Waals surface area contributed by atoms with Crippen LogP contribution in [-0.4, -0.2) is 26.9 Å². The molecule has 218 valence electrons. The Balaban J connectivity index is 1.19. The number of anilines is 1. The molecule has 0 atom stereocenters. The quantitative estimate of drug-likeness (QED) is 0.105. The zero-order valence-electron chi connectivity index (χ0n) is 23.4. The Labute approximate surface area is 264 Å². The van der Waals surface area contributed by atoms with Crippen molar-refractivity contribution < 1.29 is 14.5 Å². The Morgan fingerprint density at radius 2 is 1.84 bits per heavy atom. The monoisotopic (exact) mass is 637 g/mol. The number of thioether (sulfide) groups is 1. The molecule has 1 aliphatic heterocycles. The van der Waals surface area contributed by atoms with Gasteiger partial charge in [0.05, 0.1) is 30.6 Å². The highest BCUT2D eigenvalue weighted by molar-refractivity contribution is 8.18. The van der Waals surface area contributed by atoms with Gasteiger partial charge in [-0.3, -0.25) is 19.7 Å². The van der Waals surface area contributed by atoms with E-state index in [1.165, 1.54) is 40.9 Å². The van der Waals surface area contributed by atoms with Crippen LogP contribution in [0.2, 0.25) is 0 Å². The molecule has 9 nitrogen and oxygen atoms in total. The lowest BCUT2D eigenvalue weighted by Gasteiger charge is -2.04. The van der Waals surface area contributed by atoms with E-state index in [0.717, 1.165) is 27.0 Å². The number of rotatable bonds is 7. The van der Waals surface area contributed by atoms with E-state index in [1.54, 1.807) is 48.5 Å². The standard InChI is InChI=1S/C32H23N5O4S3/c1-18-8-10-22(14-19(18)2)34-31-36-30(39)28(42-31)16-20-9-13-26(25(15-20)37(40)41)43-32-35-24-12-11-23(17-27(24)44-32)33-29(38)21-6-4-3-5-7-21/h3-17H,1-2H3,(H,33,38)(H,34,36,39)/b28-16-. The third kappa shape index (κ3) is 6.57. The number of carbonyl (C=O) groups is 2. The van der Waals surface area contributed by atoms with Gasteiger partial charge in [-0.25, -0.2) is 9.98 Å². The fraction of sp³-hybridized carbons (Fsp3) is 0.0625. The van der Waals surface area contributed by atoms with Gasteiger partial charge in [-0.2, -0.15) is 0 Å². The van der Waals surface area contributed by atoms with Gasteiger partial charge in [0.2, 0.25) is 0 Å². The molecule has 1 fully saturated rings. The number of amides is 2. The van der Waals surface area contributed by atoms with E-state index in [-0.39, 0.29) is 17.5 Å². The Hall–Kier alpha value is -4.78. The molecule has 4 aromatic carbocycles. The van der Waals surface area contributed by atoms with E-state index in [0.29, 0.717) is 36.1 Å². The smallest absolute Gasteiger partial charge is 0.283 e. The first-order valence-corrected chi connectivity index (χ1v) is 15.8. The molecule has 0 spiro atoms. The van der Waals surface area contributed by atoms with E-state index in [9.17, 15) is 19.7 Å². The van der Waals surface area contributed by atoms with Gasteiger partial charge >= 0.3 is 0 Å². The minimum absolute atomic E-state index is 0.0909. The van der Waals surface area contributed by atoms with Crippen LogP contribution in [-0.2, 0) is 4.79 Å². The molecule has 0 saturated carbocycles. The lowest BCUT2D eigenvalue weighted by molar-refractivity contribution is -0.387. The van der Waals surface area contributed by atoms with Crippen LogP contribution in [0.25, 0.3) is 16.3 Å². The Kier molecular flexibility index (Phi) is 8.29. The fourth-order valence-electron chi connectivity index (χ4n) is 4.31. The zero-order chi connectivity index (χ0) is 30.8. The summed E-state index contributed by atoms with van der Waals surface area (Å²) in [4.78, 5) is 46.7. The molecule has 44 heavy (non-hydrogen) atoms. The first-order valence-electron chi connectivity index (χ1n) is 13.3. The Morgan fingerprint density at radius 3 is 2.61 bits per heavy atom. The van der Waals surface area contributed by atoms with Crippen molar-refractivity contribution in [1.29, 1.82) is 0 Å². The van der Waals surface area contributed by atoms with Gasteiger partial charge in [0.25, 0.3) is 17.5 Å². The number of benzene rings is 4. The summed E-state index contributed by atoms with van der Waals surface area (Å²) in [6.07, 6.45) is 1.62. The highest BCUT2D eigenvalue weighted by Gasteiger charge is 2.25. The topological polar surface area (TPSA) is 127 Å². The second-order valence-corrected chi connectivity index (χ2v) is 13.2. The number of nitrogens with one attached hydrogen (secondary N) is 2. The third-order valence-corrected chi connectivity index (χ3v) is 9.76. The Bertz CT molecular complexity index is 2020. The molecule has 0 aliphatic carbocycles. The normalized spacial score (nSPS) is 14.7. The summed E-state index contributed by atoms with van der Waals surface area (Å²) in [5.74, 6) is -0.527. The third-order valence-electron chi connectivity index (χ3n) is 6.71. The van der Waals surface area contributed by atoms with Gasteiger partial charge in [-0.1, -0.05) is 42.1 Å². The molecule has 2 N–H and O–H groups in total. The maximum atomic E-state index is 12.6.